The van der Waals surface area contributed by atoms with Gasteiger partial charge in [-0.2, -0.15) is 0 Å². The van der Waals surface area contributed by atoms with Gasteiger partial charge in [0.15, 0.2) is 0 Å². The molecular weight excluding hydrogens is 689 g/mol. The molecule has 50 heavy (non-hydrogen) atoms. The molecular formula is C34H46N4O10S2. The van der Waals surface area contributed by atoms with E-state index in [-0.39, 0.29) is 23.7 Å². The van der Waals surface area contributed by atoms with E-state index in [0.29, 0.717) is 29.7 Å². The van der Waals surface area contributed by atoms with Crippen molar-refractivity contribution in [3.8, 4) is 0 Å². The molecule has 3 heterocycles. The van der Waals surface area contributed by atoms with Crippen molar-refractivity contribution in [2.24, 2.45) is 10.8 Å². The Morgan fingerprint density at radius 2 is 1.64 bits per heavy atom. The van der Waals surface area contributed by atoms with E-state index in [0.717, 1.165) is 5.56 Å². The van der Waals surface area contributed by atoms with Gasteiger partial charge in [0.05, 0.1) is 48.5 Å². The number of aromatic nitrogens is 4. The Labute approximate surface area is 297 Å². The van der Waals surface area contributed by atoms with Crippen LogP contribution in [0.3, 0.4) is 0 Å². The van der Waals surface area contributed by atoms with Crippen LogP contribution >= 0.6 is 23.5 Å². The normalized spacial score (nSPS) is 20.9. The summed E-state index contributed by atoms with van der Waals surface area (Å²) in [6, 6.07) is 9.74. The van der Waals surface area contributed by atoms with Crippen molar-refractivity contribution in [1.29, 1.82) is 0 Å². The first-order valence-electron chi connectivity index (χ1n) is 16.0. The lowest BCUT2D eigenvalue weighted by atomic mass is 9.79. The molecule has 4 rings (SSSR count). The number of rotatable bonds is 12. The highest BCUT2D eigenvalue weighted by Gasteiger charge is 2.51. The number of aliphatic hydroxyl groups is 2. The van der Waals surface area contributed by atoms with Crippen LogP contribution in [0, 0.1) is 24.7 Å². The summed E-state index contributed by atoms with van der Waals surface area (Å²) in [7, 11) is 2.59. The average Bonchev–Trinajstić information content (AvgIpc) is 3.46. The van der Waals surface area contributed by atoms with E-state index in [9.17, 15) is 39.0 Å². The van der Waals surface area contributed by atoms with E-state index in [1.54, 1.807) is 34.6 Å². The Kier molecular flexibility index (Phi) is 14.1. The second-order valence-electron chi connectivity index (χ2n) is 12.6. The number of thioether (sulfide) groups is 2. The molecule has 6 atom stereocenters. The van der Waals surface area contributed by atoms with Gasteiger partial charge in [-0.05, 0) is 52.5 Å². The quantitative estimate of drug-likeness (QED) is 0.199. The summed E-state index contributed by atoms with van der Waals surface area (Å²) < 4.78 is 12.6. The Morgan fingerprint density at radius 3 is 2.20 bits per heavy atom. The molecule has 3 aromatic rings. The van der Waals surface area contributed by atoms with Gasteiger partial charge in [0.1, 0.15) is 0 Å². The van der Waals surface area contributed by atoms with Crippen LogP contribution in [0.25, 0.3) is 0 Å². The molecule has 0 aliphatic carbocycles. The van der Waals surface area contributed by atoms with Crippen LogP contribution in [-0.2, 0) is 24.8 Å². The largest absolute Gasteiger partial charge is 0.469 e. The summed E-state index contributed by atoms with van der Waals surface area (Å²) in [4.78, 5) is 76.8. The van der Waals surface area contributed by atoms with E-state index < -0.39 is 56.7 Å². The molecule has 0 amide bonds. The number of carbonyl (C=O) groups is 2. The van der Waals surface area contributed by atoms with Crippen LogP contribution in [0.15, 0.2) is 61.9 Å². The summed E-state index contributed by atoms with van der Waals surface area (Å²) >= 11 is 2.79. The summed E-state index contributed by atoms with van der Waals surface area (Å²) in [5.41, 5.74) is -2.14. The third-order valence-electron chi connectivity index (χ3n) is 9.02. The van der Waals surface area contributed by atoms with E-state index in [2.05, 4.69) is 9.97 Å². The lowest BCUT2D eigenvalue weighted by Gasteiger charge is -2.34. The van der Waals surface area contributed by atoms with Crippen molar-refractivity contribution in [1.82, 2.24) is 19.1 Å². The smallest absolute Gasteiger partial charge is 0.329 e. The van der Waals surface area contributed by atoms with E-state index in [1.165, 1.54) is 59.3 Å². The Morgan fingerprint density at radius 1 is 1.04 bits per heavy atom. The maximum atomic E-state index is 12.5. The number of benzene rings is 1. The number of H-pyrrole nitrogens is 2. The van der Waals surface area contributed by atoms with Crippen molar-refractivity contribution in [2.75, 3.05) is 20.8 Å². The van der Waals surface area contributed by atoms with Gasteiger partial charge in [-0.3, -0.25) is 38.3 Å². The van der Waals surface area contributed by atoms with Gasteiger partial charge in [-0.25, -0.2) is 9.59 Å². The van der Waals surface area contributed by atoms with Gasteiger partial charge in [-0.15, -0.1) is 23.5 Å². The molecule has 0 saturated carbocycles. The maximum absolute atomic E-state index is 12.5. The van der Waals surface area contributed by atoms with Gasteiger partial charge in [0, 0.05) is 34.5 Å². The predicted octanol–water partition coefficient (Wildman–Crippen LogP) is 2.64. The molecule has 3 unspecified atom stereocenters. The molecule has 0 radical (unpaired) electrons. The average molecular weight is 735 g/mol. The molecule has 1 aliphatic heterocycles. The van der Waals surface area contributed by atoms with Gasteiger partial charge in [-0.1, -0.05) is 37.3 Å². The lowest BCUT2D eigenvalue weighted by Crippen LogP contribution is -2.43. The number of esters is 2. The van der Waals surface area contributed by atoms with Gasteiger partial charge in [0.25, 0.3) is 11.1 Å². The summed E-state index contributed by atoms with van der Waals surface area (Å²) in [5.74, 6) is -0.354. The number of hydrogen-bond donors (Lipinski definition) is 4. The highest BCUT2D eigenvalue weighted by atomic mass is 32.2. The number of nitrogens with zero attached hydrogens (tertiary/aromatic N) is 2. The van der Waals surface area contributed by atoms with Crippen LogP contribution in [0.2, 0.25) is 0 Å². The van der Waals surface area contributed by atoms with E-state index in [4.69, 9.17) is 9.47 Å². The second kappa shape index (κ2) is 17.4. The van der Waals surface area contributed by atoms with Crippen molar-refractivity contribution in [2.45, 2.75) is 81.7 Å². The van der Waals surface area contributed by atoms with Crippen LogP contribution in [0.1, 0.15) is 67.5 Å². The first-order chi connectivity index (χ1) is 23.6. The number of ether oxygens (including phenoxy) is 2. The molecule has 14 nitrogen and oxygen atoms in total. The number of hydrogen-bond acceptors (Lipinski definition) is 12. The minimum atomic E-state index is -1.21. The molecule has 0 bridgehead atoms. The first kappa shape index (κ1) is 40.6. The fourth-order valence-electron chi connectivity index (χ4n) is 5.74. The third kappa shape index (κ3) is 9.08. The van der Waals surface area contributed by atoms with Crippen LogP contribution in [0.5, 0.6) is 0 Å². The fourth-order valence-corrected chi connectivity index (χ4v) is 8.79. The van der Waals surface area contributed by atoms with Crippen molar-refractivity contribution < 1.29 is 29.3 Å². The van der Waals surface area contributed by atoms with Crippen molar-refractivity contribution in [3.63, 3.8) is 0 Å². The van der Waals surface area contributed by atoms with Crippen LogP contribution in [0.4, 0.5) is 0 Å². The number of carbonyl (C=O) groups excluding carboxylic acids is 2. The topological polar surface area (TPSA) is 203 Å². The Bertz CT molecular complexity index is 1870. The fraction of sp³-hybridized carbons (Fsp3) is 0.529. The SMILES string of the molecule is CCC(O)C(C)(C[C@H](SCc1ccccc1)n1cc(C)c(=O)[nH]c1=O)C(=O)OC.COC(=O)[C@]1(C)CC(n2cc(C)c(=O)[nH]c2=O)S[C@@H]1CO. The zero-order valence-corrected chi connectivity index (χ0v) is 30.9. The van der Waals surface area contributed by atoms with Gasteiger partial charge in [0.2, 0.25) is 0 Å². The zero-order valence-electron chi connectivity index (χ0n) is 29.3. The highest BCUT2D eigenvalue weighted by Crippen LogP contribution is 2.52. The third-order valence-corrected chi connectivity index (χ3v) is 12.0. The molecule has 4 N–H and O–H groups in total. The van der Waals surface area contributed by atoms with Gasteiger partial charge < -0.3 is 19.7 Å². The van der Waals surface area contributed by atoms with Crippen LogP contribution < -0.4 is 22.5 Å². The van der Waals surface area contributed by atoms with E-state index >= 15 is 0 Å². The monoisotopic (exact) mass is 734 g/mol. The second-order valence-corrected chi connectivity index (χ2v) is 15.2. The molecule has 1 aliphatic rings. The Balaban J connectivity index is 0.000000284. The number of aliphatic hydroxyl groups excluding tert-OH is 2. The number of aryl methyl sites for hydroxylation is 2. The van der Waals surface area contributed by atoms with Crippen molar-refractivity contribution in [3.05, 3.63) is 101 Å². The molecule has 2 aromatic heterocycles. The zero-order chi connectivity index (χ0) is 37.4. The molecule has 1 aromatic carbocycles. The number of methoxy groups -OCH3 is 2. The van der Waals surface area contributed by atoms with Gasteiger partial charge >= 0.3 is 23.3 Å². The minimum Gasteiger partial charge on any atom is -0.469 e. The maximum Gasteiger partial charge on any atom is 0.329 e. The predicted molar refractivity (Wildman–Crippen MR) is 192 cm³/mol. The number of nitrogens with one attached hydrogen (secondary N) is 2. The summed E-state index contributed by atoms with van der Waals surface area (Å²) in [6.45, 7) is 8.19. The molecule has 1 fully saturated rings. The first-order valence-corrected chi connectivity index (χ1v) is 18.0. The molecule has 0 spiro atoms. The molecule has 274 valence electrons. The minimum absolute atomic E-state index is 0.164. The summed E-state index contributed by atoms with van der Waals surface area (Å²) in [6.07, 6.45) is 2.92. The van der Waals surface area contributed by atoms with Crippen LogP contribution in [-0.4, -0.2) is 73.4 Å². The Hall–Kier alpha value is -3.86. The highest BCUT2D eigenvalue weighted by molar-refractivity contribution is 8.00. The molecule has 16 heteroatoms. The van der Waals surface area contributed by atoms with E-state index in [1.807, 2.05) is 30.3 Å². The van der Waals surface area contributed by atoms with Crippen molar-refractivity contribution >= 4 is 35.5 Å². The lowest BCUT2D eigenvalue weighted by molar-refractivity contribution is -0.160. The molecule has 1 saturated heterocycles. The standard InChI is InChI=1S/C21H28N2O5S.C13H18N2O5S/c1-5-16(24)21(3,19(26)28-4)11-17(29-13-15-9-7-6-8-10-15)23-12-14(2)18(25)22-20(23)27;1-7-5-15(12(19)14-10(7)17)9-4-13(2,11(18)20-3)8(6-16)21-9/h6-10,12,16-17,24H,5,11,13H2,1-4H3,(H,22,25,27);5,8-9,16H,4,6H2,1-3H3,(H,14,17,19)/t16?,17-,21?;8-,9?,13-/m01/s1. The number of aromatic amines is 2. The summed E-state index contributed by atoms with van der Waals surface area (Å²) in [5, 5.41) is 18.9.